The van der Waals surface area contributed by atoms with Crippen molar-refractivity contribution < 1.29 is 13.9 Å². The van der Waals surface area contributed by atoms with Crippen LogP contribution >= 0.6 is 0 Å². The van der Waals surface area contributed by atoms with Gasteiger partial charge in [0.1, 0.15) is 5.75 Å². The standard InChI is InChI=1S/C13H10F2O/c1-8-6-7-10(13(15)12(8)14)9-4-2-3-5-11(9)16/h2-7,16H,1H3. The molecular weight excluding hydrogens is 210 g/mol. The molecule has 0 fully saturated rings. The second kappa shape index (κ2) is 3.93. The monoisotopic (exact) mass is 220 g/mol. The summed E-state index contributed by atoms with van der Waals surface area (Å²) in [6, 6.07) is 9.21. The molecule has 0 saturated heterocycles. The Balaban J connectivity index is 2.66. The fourth-order valence-electron chi connectivity index (χ4n) is 1.56. The maximum absolute atomic E-state index is 13.6. The number of rotatable bonds is 1. The Morgan fingerprint density at radius 2 is 1.56 bits per heavy atom. The summed E-state index contributed by atoms with van der Waals surface area (Å²) in [7, 11) is 0. The van der Waals surface area contributed by atoms with Gasteiger partial charge in [-0.15, -0.1) is 0 Å². The third-order valence-corrected chi connectivity index (χ3v) is 2.47. The van der Waals surface area contributed by atoms with Crippen molar-refractivity contribution in [2.75, 3.05) is 0 Å². The van der Waals surface area contributed by atoms with Crippen molar-refractivity contribution in [2.45, 2.75) is 6.92 Å². The second-order valence-electron chi connectivity index (χ2n) is 3.58. The average Bonchev–Trinajstić information content (AvgIpc) is 2.28. The number of hydrogen-bond donors (Lipinski definition) is 1. The van der Waals surface area contributed by atoms with Gasteiger partial charge in [0.15, 0.2) is 11.6 Å². The summed E-state index contributed by atoms with van der Waals surface area (Å²) in [5, 5.41) is 9.56. The van der Waals surface area contributed by atoms with Crippen LogP contribution in [-0.4, -0.2) is 5.11 Å². The van der Waals surface area contributed by atoms with Crippen molar-refractivity contribution in [1.82, 2.24) is 0 Å². The van der Waals surface area contributed by atoms with Gasteiger partial charge >= 0.3 is 0 Å². The van der Waals surface area contributed by atoms with Gasteiger partial charge in [-0.1, -0.05) is 30.3 Å². The van der Waals surface area contributed by atoms with E-state index in [2.05, 4.69) is 0 Å². The molecule has 0 amide bonds. The van der Waals surface area contributed by atoms with Crippen molar-refractivity contribution >= 4 is 0 Å². The van der Waals surface area contributed by atoms with Crippen LogP contribution in [0.3, 0.4) is 0 Å². The molecule has 0 unspecified atom stereocenters. The minimum atomic E-state index is -0.929. The summed E-state index contributed by atoms with van der Waals surface area (Å²) >= 11 is 0. The predicted molar refractivity (Wildman–Crippen MR) is 58.2 cm³/mol. The first kappa shape index (κ1) is 10.6. The Labute approximate surface area is 92.0 Å². The van der Waals surface area contributed by atoms with Gasteiger partial charge in [-0.05, 0) is 18.6 Å². The van der Waals surface area contributed by atoms with Gasteiger partial charge in [0.2, 0.25) is 0 Å². The Morgan fingerprint density at radius 3 is 2.25 bits per heavy atom. The molecule has 2 aromatic rings. The highest BCUT2D eigenvalue weighted by atomic mass is 19.2. The Kier molecular flexibility index (Phi) is 2.60. The minimum Gasteiger partial charge on any atom is -0.507 e. The van der Waals surface area contributed by atoms with E-state index in [1.807, 2.05) is 0 Å². The third kappa shape index (κ3) is 1.65. The van der Waals surface area contributed by atoms with Crippen LogP contribution in [0.2, 0.25) is 0 Å². The maximum atomic E-state index is 13.6. The summed E-state index contributed by atoms with van der Waals surface area (Å²) in [6.45, 7) is 1.49. The first-order valence-corrected chi connectivity index (χ1v) is 4.84. The number of benzene rings is 2. The average molecular weight is 220 g/mol. The Morgan fingerprint density at radius 1 is 0.875 bits per heavy atom. The van der Waals surface area contributed by atoms with E-state index in [0.717, 1.165) is 0 Å². The van der Waals surface area contributed by atoms with Gasteiger partial charge in [-0.2, -0.15) is 0 Å². The molecule has 0 heterocycles. The van der Waals surface area contributed by atoms with Gasteiger partial charge < -0.3 is 5.11 Å². The molecule has 0 aliphatic rings. The molecule has 1 nitrogen and oxygen atoms in total. The number of hydrogen-bond acceptors (Lipinski definition) is 1. The summed E-state index contributed by atoms with van der Waals surface area (Å²) in [5.41, 5.74) is 0.608. The number of aryl methyl sites for hydroxylation is 1. The van der Waals surface area contributed by atoms with E-state index in [4.69, 9.17) is 0 Å². The first-order valence-electron chi connectivity index (χ1n) is 4.84. The lowest BCUT2D eigenvalue weighted by atomic mass is 10.0. The van der Waals surface area contributed by atoms with E-state index in [0.29, 0.717) is 5.56 Å². The largest absolute Gasteiger partial charge is 0.507 e. The molecule has 0 radical (unpaired) electrons. The highest BCUT2D eigenvalue weighted by Gasteiger charge is 2.14. The normalized spacial score (nSPS) is 10.4. The fraction of sp³-hybridized carbons (Fsp3) is 0.0769. The number of halogens is 2. The smallest absolute Gasteiger partial charge is 0.167 e. The Hall–Kier alpha value is -1.90. The highest BCUT2D eigenvalue weighted by Crippen LogP contribution is 2.32. The van der Waals surface area contributed by atoms with Gasteiger partial charge in [0.25, 0.3) is 0 Å². The van der Waals surface area contributed by atoms with E-state index >= 15 is 0 Å². The van der Waals surface area contributed by atoms with Crippen molar-refractivity contribution in [3.63, 3.8) is 0 Å². The van der Waals surface area contributed by atoms with Crippen LogP contribution in [-0.2, 0) is 0 Å². The molecule has 0 saturated carbocycles. The van der Waals surface area contributed by atoms with E-state index in [1.165, 1.54) is 25.1 Å². The summed E-state index contributed by atoms with van der Waals surface area (Å²) in [5.74, 6) is -1.87. The lowest BCUT2D eigenvalue weighted by Gasteiger charge is -2.07. The van der Waals surface area contributed by atoms with E-state index < -0.39 is 11.6 Å². The summed E-state index contributed by atoms with van der Waals surface area (Å²) in [6.07, 6.45) is 0. The third-order valence-electron chi connectivity index (χ3n) is 2.47. The van der Waals surface area contributed by atoms with Crippen molar-refractivity contribution in [1.29, 1.82) is 0 Å². The predicted octanol–water partition coefficient (Wildman–Crippen LogP) is 3.65. The van der Waals surface area contributed by atoms with Crippen molar-refractivity contribution in [3.05, 3.63) is 53.6 Å². The van der Waals surface area contributed by atoms with Crippen LogP contribution in [0, 0.1) is 18.6 Å². The quantitative estimate of drug-likeness (QED) is 0.777. The second-order valence-corrected chi connectivity index (χ2v) is 3.58. The van der Waals surface area contributed by atoms with Crippen LogP contribution in [0.25, 0.3) is 11.1 Å². The van der Waals surface area contributed by atoms with Crippen LogP contribution < -0.4 is 0 Å². The molecule has 0 atom stereocenters. The van der Waals surface area contributed by atoms with Gasteiger partial charge in [-0.25, -0.2) is 8.78 Å². The zero-order valence-electron chi connectivity index (χ0n) is 8.67. The first-order chi connectivity index (χ1) is 7.61. The fourth-order valence-corrected chi connectivity index (χ4v) is 1.56. The van der Waals surface area contributed by atoms with Crippen molar-refractivity contribution in [3.8, 4) is 16.9 Å². The molecule has 16 heavy (non-hydrogen) atoms. The summed E-state index contributed by atoms with van der Waals surface area (Å²) < 4.78 is 27.0. The molecule has 2 aromatic carbocycles. The van der Waals surface area contributed by atoms with Gasteiger partial charge in [-0.3, -0.25) is 0 Å². The highest BCUT2D eigenvalue weighted by molar-refractivity contribution is 5.70. The van der Waals surface area contributed by atoms with Crippen molar-refractivity contribution in [2.24, 2.45) is 0 Å². The van der Waals surface area contributed by atoms with Gasteiger partial charge in [0.05, 0.1) is 0 Å². The zero-order valence-corrected chi connectivity index (χ0v) is 8.67. The molecule has 0 bridgehead atoms. The van der Waals surface area contributed by atoms with E-state index in [9.17, 15) is 13.9 Å². The molecule has 3 heteroatoms. The Bertz CT molecular complexity index is 535. The minimum absolute atomic E-state index is 0.0651. The lowest BCUT2D eigenvalue weighted by molar-refractivity contribution is 0.475. The van der Waals surface area contributed by atoms with E-state index in [-0.39, 0.29) is 16.9 Å². The molecule has 0 spiro atoms. The van der Waals surface area contributed by atoms with Crippen LogP contribution in [0.4, 0.5) is 8.78 Å². The number of aromatic hydroxyl groups is 1. The lowest BCUT2D eigenvalue weighted by Crippen LogP contribution is -1.93. The van der Waals surface area contributed by atoms with Gasteiger partial charge in [0, 0.05) is 11.1 Å². The molecule has 2 rings (SSSR count). The van der Waals surface area contributed by atoms with Crippen LogP contribution in [0.1, 0.15) is 5.56 Å². The SMILES string of the molecule is Cc1ccc(-c2ccccc2O)c(F)c1F. The summed E-state index contributed by atoms with van der Waals surface area (Å²) in [4.78, 5) is 0. The molecule has 0 aromatic heterocycles. The molecule has 0 aliphatic carbocycles. The molecule has 1 N–H and O–H groups in total. The zero-order chi connectivity index (χ0) is 11.7. The number of phenolic OH excluding ortho intramolecular Hbond substituents is 1. The van der Waals surface area contributed by atoms with E-state index in [1.54, 1.807) is 18.2 Å². The topological polar surface area (TPSA) is 20.2 Å². The number of para-hydroxylation sites is 1. The molecule has 0 aliphatic heterocycles. The maximum Gasteiger partial charge on any atom is 0.167 e. The van der Waals surface area contributed by atoms with Crippen LogP contribution in [0.15, 0.2) is 36.4 Å². The molecule has 82 valence electrons. The van der Waals surface area contributed by atoms with Crippen LogP contribution in [0.5, 0.6) is 5.75 Å². The molecular formula is C13H10F2O. The number of phenols is 1.